The van der Waals surface area contributed by atoms with Crippen molar-refractivity contribution in [1.29, 1.82) is 0 Å². The maximum Gasteiger partial charge on any atom is 0.273 e. The minimum Gasteiger partial charge on any atom is -0.396 e. The van der Waals surface area contributed by atoms with Gasteiger partial charge in [-0.3, -0.25) is 4.79 Å². The Bertz CT molecular complexity index is 579. The molecule has 6 heteroatoms. The lowest BCUT2D eigenvalue weighted by Gasteiger charge is -2.17. The molecule has 0 aromatic carbocycles. The van der Waals surface area contributed by atoms with Gasteiger partial charge in [-0.15, -0.1) is 11.3 Å². The second-order valence-electron chi connectivity index (χ2n) is 5.01. The molecule has 2 N–H and O–H groups in total. The van der Waals surface area contributed by atoms with E-state index >= 15 is 0 Å². The van der Waals surface area contributed by atoms with Crippen molar-refractivity contribution in [3.05, 3.63) is 29.3 Å². The number of rotatable bonds is 4. The highest BCUT2D eigenvalue weighted by Crippen LogP contribution is 2.27. The van der Waals surface area contributed by atoms with Crippen LogP contribution in [0.15, 0.2) is 28.1 Å². The van der Waals surface area contributed by atoms with E-state index in [-0.39, 0.29) is 30.2 Å². The smallest absolute Gasteiger partial charge is 0.273 e. The summed E-state index contributed by atoms with van der Waals surface area (Å²) in [6.45, 7) is 0.115. The lowest BCUT2D eigenvalue weighted by Crippen LogP contribution is -2.38. The Balaban J connectivity index is 1.68. The van der Waals surface area contributed by atoms with Crippen LogP contribution in [0.1, 0.15) is 29.8 Å². The van der Waals surface area contributed by atoms with Gasteiger partial charge in [-0.25, -0.2) is 0 Å². The molecule has 2 aromatic heterocycles. The summed E-state index contributed by atoms with van der Waals surface area (Å²) in [6.07, 6.45) is 2.91. The van der Waals surface area contributed by atoms with Gasteiger partial charge in [0.2, 0.25) is 0 Å². The minimum absolute atomic E-state index is 0.0365. The van der Waals surface area contributed by atoms with E-state index in [9.17, 15) is 9.90 Å². The minimum atomic E-state index is -0.234. The average Bonchev–Trinajstić information content (AvgIpc) is 3.19. The van der Waals surface area contributed by atoms with Crippen LogP contribution in [0, 0.1) is 5.92 Å². The maximum atomic E-state index is 12.1. The van der Waals surface area contributed by atoms with Crippen LogP contribution >= 0.6 is 11.3 Å². The summed E-state index contributed by atoms with van der Waals surface area (Å²) in [5.41, 5.74) is 0.289. The molecule has 3 rings (SSSR count). The predicted molar refractivity (Wildman–Crippen MR) is 75.5 cm³/mol. The topological polar surface area (TPSA) is 75.4 Å². The van der Waals surface area contributed by atoms with Gasteiger partial charge >= 0.3 is 0 Å². The molecule has 0 aliphatic heterocycles. The molecule has 1 amide bonds. The summed E-state index contributed by atoms with van der Waals surface area (Å²) >= 11 is 1.54. The highest BCUT2D eigenvalue weighted by Gasteiger charge is 2.29. The lowest BCUT2D eigenvalue weighted by atomic mass is 10.1. The molecule has 106 valence electrons. The third-order valence-electron chi connectivity index (χ3n) is 3.72. The number of thiophene rings is 1. The number of aliphatic hydroxyl groups excluding tert-OH is 1. The van der Waals surface area contributed by atoms with Crippen LogP contribution in [0.4, 0.5) is 0 Å². The van der Waals surface area contributed by atoms with Crippen LogP contribution < -0.4 is 5.32 Å². The lowest BCUT2D eigenvalue weighted by molar-refractivity contribution is 0.0907. The van der Waals surface area contributed by atoms with Gasteiger partial charge in [0.05, 0.1) is 4.88 Å². The Hall–Kier alpha value is -1.66. The Kier molecular flexibility index (Phi) is 3.84. The van der Waals surface area contributed by atoms with E-state index in [2.05, 4.69) is 10.5 Å². The van der Waals surface area contributed by atoms with Crippen molar-refractivity contribution in [1.82, 2.24) is 10.5 Å². The highest BCUT2D eigenvalue weighted by molar-refractivity contribution is 7.13. The van der Waals surface area contributed by atoms with Gasteiger partial charge in [0.15, 0.2) is 11.5 Å². The molecule has 1 aliphatic carbocycles. The molecule has 2 aromatic rings. The van der Waals surface area contributed by atoms with E-state index in [4.69, 9.17) is 4.52 Å². The molecular formula is C14H16N2O3S. The van der Waals surface area contributed by atoms with Gasteiger partial charge in [0.1, 0.15) is 0 Å². The molecule has 0 radical (unpaired) electrons. The van der Waals surface area contributed by atoms with Gasteiger partial charge in [-0.2, -0.15) is 0 Å². The number of carbonyl (C=O) groups is 1. The zero-order chi connectivity index (χ0) is 13.9. The van der Waals surface area contributed by atoms with Crippen LogP contribution in [-0.2, 0) is 0 Å². The first kappa shape index (κ1) is 13.3. The summed E-state index contributed by atoms with van der Waals surface area (Å²) in [5.74, 6) is 0.528. The Morgan fingerprint density at radius 3 is 3.20 bits per heavy atom. The van der Waals surface area contributed by atoms with Gasteiger partial charge in [-0.1, -0.05) is 17.6 Å². The van der Waals surface area contributed by atoms with Crippen LogP contribution in [0.5, 0.6) is 0 Å². The van der Waals surface area contributed by atoms with Crippen molar-refractivity contribution in [2.24, 2.45) is 5.92 Å². The van der Waals surface area contributed by atoms with Gasteiger partial charge in [0, 0.05) is 24.6 Å². The normalized spacial score (nSPS) is 22.1. The number of aliphatic hydroxyl groups is 1. The molecule has 5 nitrogen and oxygen atoms in total. The van der Waals surface area contributed by atoms with E-state index in [1.807, 2.05) is 17.5 Å². The predicted octanol–water partition coefficient (Wildman–Crippen LogP) is 2.29. The van der Waals surface area contributed by atoms with Crippen molar-refractivity contribution in [3.8, 4) is 10.6 Å². The molecule has 1 aliphatic rings. The first-order valence-electron chi connectivity index (χ1n) is 6.70. The molecule has 0 bridgehead atoms. The monoisotopic (exact) mass is 292 g/mol. The van der Waals surface area contributed by atoms with E-state index < -0.39 is 0 Å². The van der Waals surface area contributed by atoms with Crippen LogP contribution in [0.3, 0.4) is 0 Å². The van der Waals surface area contributed by atoms with Crippen molar-refractivity contribution >= 4 is 17.2 Å². The number of aromatic nitrogens is 1. The fourth-order valence-corrected chi connectivity index (χ4v) is 3.28. The number of hydrogen-bond donors (Lipinski definition) is 2. The molecule has 2 atom stereocenters. The fourth-order valence-electron chi connectivity index (χ4n) is 2.60. The summed E-state index contributed by atoms with van der Waals surface area (Å²) in [5, 5.41) is 18.0. The second kappa shape index (κ2) is 5.76. The highest BCUT2D eigenvalue weighted by atomic mass is 32.1. The zero-order valence-corrected chi connectivity index (χ0v) is 11.7. The van der Waals surface area contributed by atoms with Gasteiger partial charge < -0.3 is 14.9 Å². The molecule has 20 heavy (non-hydrogen) atoms. The number of hydrogen-bond acceptors (Lipinski definition) is 5. The number of carbonyl (C=O) groups excluding carboxylic acids is 1. The van der Waals surface area contributed by atoms with E-state index in [1.165, 1.54) is 11.3 Å². The number of nitrogens with zero attached hydrogens (tertiary/aromatic N) is 1. The molecule has 1 fully saturated rings. The Morgan fingerprint density at radius 1 is 1.55 bits per heavy atom. The largest absolute Gasteiger partial charge is 0.396 e. The average molecular weight is 292 g/mol. The molecular weight excluding hydrogens is 276 g/mol. The maximum absolute atomic E-state index is 12.1. The molecule has 2 heterocycles. The molecule has 0 spiro atoms. The third-order valence-corrected chi connectivity index (χ3v) is 4.60. The summed E-state index contributed by atoms with van der Waals surface area (Å²) in [6, 6.07) is 5.54. The number of nitrogens with one attached hydrogen (secondary N) is 1. The summed E-state index contributed by atoms with van der Waals surface area (Å²) < 4.78 is 5.20. The van der Waals surface area contributed by atoms with E-state index in [0.29, 0.717) is 5.76 Å². The van der Waals surface area contributed by atoms with Crippen molar-refractivity contribution in [3.63, 3.8) is 0 Å². The number of amides is 1. The van der Waals surface area contributed by atoms with Crippen molar-refractivity contribution < 1.29 is 14.4 Å². The third kappa shape index (κ3) is 2.62. The summed E-state index contributed by atoms with van der Waals surface area (Å²) in [4.78, 5) is 13.1. The quantitative estimate of drug-likeness (QED) is 0.906. The van der Waals surface area contributed by atoms with Gasteiger partial charge in [-0.05, 0) is 24.3 Å². The van der Waals surface area contributed by atoms with Crippen molar-refractivity contribution in [2.75, 3.05) is 6.61 Å². The van der Waals surface area contributed by atoms with Crippen LogP contribution in [0.2, 0.25) is 0 Å². The van der Waals surface area contributed by atoms with E-state index in [1.54, 1.807) is 6.07 Å². The van der Waals surface area contributed by atoms with Crippen molar-refractivity contribution in [2.45, 2.75) is 25.3 Å². The Morgan fingerprint density at radius 2 is 2.45 bits per heavy atom. The first-order chi connectivity index (χ1) is 9.78. The SMILES string of the molecule is O=C(NC1CCCC1CO)c1cc(-c2cccs2)on1. The fraction of sp³-hybridized carbons (Fsp3) is 0.429. The van der Waals surface area contributed by atoms with E-state index in [0.717, 1.165) is 24.1 Å². The van der Waals surface area contributed by atoms with Crippen LogP contribution in [0.25, 0.3) is 10.6 Å². The summed E-state index contributed by atoms with van der Waals surface area (Å²) in [7, 11) is 0. The van der Waals surface area contributed by atoms with Gasteiger partial charge in [0.25, 0.3) is 5.91 Å². The zero-order valence-electron chi connectivity index (χ0n) is 10.9. The van der Waals surface area contributed by atoms with Crippen LogP contribution in [-0.4, -0.2) is 28.8 Å². The Labute approximate surface area is 120 Å². The molecule has 0 saturated heterocycles. The standard InChI is InChI=1S/C14H16N2O3S/c17-8-9-3-1-4-10(9)15-14(18)11-7-12(19-16-11)13-5-2-6-20-13/h2,5-7,9-10,17H,1,3-4,8H2,(H,15,18). The molecule has 1 saturated carbocycles. The molecule has 2 unspecified atom stereocenters. The second-order valence-corrected chi connectivity index (χ2v) is 5.95. The first-order valence-corrected chi connectivity index (χ1v) is 7.58.